The van der Waals surface area contributed by atoms with Crippen molar-refractivity contribution in [3.63, 3.8) is 0 Å². The van der Waals surface area contributed by atoms with Crippen LogP contribution in [0.5, 0.6) is 5.75 Å². The van der Waals surface area contributed by atoms with E-state index in [-0.39, 0.29) is 12.0 Å². The fourth-order valence-corrected chi connectivity index (χ4v) is 5.14. The van der Waals surface area contributed by atoms with E-state index in [0.717, 1.165) is 47.6 Å². The van der Waals surface area contributed by atoms with Crippen molar-refractivity contribution in [3.05, 3.63) is 45.8 Å². The van der Waals surface area contributed by atoms with Crippen LogP contribution in [0.15, 0.2) is 24.3 Å². The molecule has 2 aromatic rings. The van der Waals surface area contributed by atoms with Crippen LogP contribution >= 0.6 is 23.6 Å². The van der Waals surface area contributed by atoms with Crippen LogP contribution in [0.3, 0.4) is 0 Å². The summed E-state index contributed by atoms with van der Waals surface area (Å²) in [5, 5.41) is 7.84. The third-order valence-electron chi connectivity index (χ3n) is 4.92. The zero-order valence-corrected chi connectivity index (χ0v) is 18.8. The number of hydrogen-bond acceptors (Lipinski definition) is 5. The van der Waals surface area contributed by atoms with Crippen molar-refractivity contribution in [1.29, 1.82) is 0 Å². The normalized spacial score (nSPS) is 13.9. The zero-order valence-electron chi connectivity index (χ0n) is 17.2. The monoisotopic (exact) mass is 432 g/mol. The number of thiocarbonyl (C=S) groups is 1. The summed E-state index contributed by atoms with van der Waals surface area (Å²) in [5.41, 5.74) is 2.89. The molecule has 7 heteroatoms. The number of nitrogens with one attached hydrogen (secondary N) is 2. The summed E-state index contributed by atoms with van der Waals surface area (Å²) in [6, 6.07) is 7.99. The topological polar surface area (TPSA) is 59.6 Å². The summed E-state index contributed by atoms with van der Waals surface area (Å²) in [5.74, 6) is 0.587. The van der Waals surface area contributed by atoms with Gasteiger partial charge in [-0.2, -0.15) is 0 Å². The maximum atomic E-state index is 12.6. The molecule has 156 valence electrons. The Hall–Kier alpha value is -2.12. The first-order chi connectivity index (χ1) is 14.0. The number of carbonyl (C=O) groups excluding carboxylic acids is 1. The van der Waals surface area contributed by atoms with E-state index in [0.29, 0.717) is 23.9 Å². The molecule has 0 radical (unpaired) electrons. The number of esters is 1. The minimum Gasteiger partial charge on any atom is -0.494 e. The molecule has 2 N–H and O–H groups in total. The highest BCUT2D eigenvalue weighted by Gasteiger charge is 2.26. The van der Waals surface area contributed by atoms with Crippen LogP contribution in [0.4, 0.5) is 5.00 Å². The highest BCUT2D eigenvalue weighted by molar-refractivity contribution is 7.80. The molecule has 5 nitrogen and oxygen atoms in total. The van der Waals surface area contributed by atoms with Crippen LogP contribution in [0.25, 0.3) is 0 Å². The first-order valence-electron chi connectivity index (χ1n) is 10.1. The summed E-state index contributed by atoms with van der Waals surface area (Å²) in [4.78, 5) is 13.8. The van der Waals surface area contributed by atoms with Gasteiger partial charge in [0.05, 0.1) is 24.8 Å². The Balaban J connectivity index is 1.71. The van der Waals surface area contributed by atoms with Crippen LogP contribution in [0.2, 0.25) is 0 Å². The van der Waals surface area contributed by atoms with E-state index in [1.165, 1.54) is 4.88 Å². The number of rotatable bonds is 7. The first kappa shape index (κ1) is 21.6. The van der Waals surface area contributed by atoms with Gasteiger partial charge in [-0.25, -0.2) is 4.79 Å². The second-order valence-corrected chi connectivity index (χ2v) is 8.47. The number of ether oxygens (including phenoxy) is 2. The Labute approximate surface area is 181 Å². The van der Waals surface area contributed by atoms with Crippen molar-refractivity contribution < 1.29 is 14.3 Å². The molecule has 0 aliphatic heterocycles. The molecular weight excluding hydrogens is 404 g/mol. The number of anilines is 1. The summed E-state index contributed by atoms with van der Waals surface area (Å²) >= 11 is 7.16. The number of benzene rings is 1. The Morgan fingerprint density at radius 3 is 2.59 bits per heavy atom. The van der Waals surface area contributed by atoms with Crippen molar-refractivity contribution in [2.45, 2.75) is 52.5 Å². The number of fused-ring (bicyclic) bond motifs is 1. The van der Waals surface area contributed by atoms with Crippen LogP contribution in [0, 0.1) is 0 Å². The van der Waals surface area contributed by atoms with E-state index in [9.17, 15) is 4.79 Å². The first-order valence-corrected chi connectivity index (χ1v) is 11.4. The van der Waals surface area contributed by atoms with Gasteiger partial charge in [0.2, 0.25) is 0 Å². The molecule has 0 saturated carbocycles. The predicted molar refractivity (Wildman–Crippen MR) is 122 cm³/mol. The van der Waals surface area contributed by atoms with Gasteiger partial charge in [0, 0.05) is 4.88 Å². The molecule has 1 aliphatic carbocycles. The molecule has 0 amide bonds. The fraction of sp³-hybridized carbons (Fsp3) is 0.455. The van der Waals surface area contributed by atoms with E-state index < -0.39 is 0 Å². The zero-order chi connectivity index (χ0) is 20.8. The van der Waals surface area contributed by atoms with Gasteiger partial charge in [-0.3, -0.25) is 0 Å². The lowest BCUT2D eigenvalue weighted by Gasteiger charge is -2.18. The van der Waals surface area contributed by atoms with Crippen LogP contribution in [-0.2, 0) is 17.6 Å². The van der Waals surface area contributed by atoms with Gasteiger partial charge in [-0.05, 0) is 81.9 Å². The van der Waals surface area contributed by atoms with Crippen LogP contribution < -0.4 is 15.4 Å². The van der Waals surface area contributed by atoms with Gasteiger partial charge in [-0.15, -0.1) is 11.3 Å². The van der Waals surface area contributed by atoms with Crippen LogP contribution in [-0.4, -0.2) is 24.3 Å². The van der Waals surface area contributed by atoms with E-state index in [1.807, 2.05) is 38.1 Å². The molecule has 0 saturated heterocycles. The molecular formula is C22H28N2O3S2. The minimum absolute atomic E-state index is 0.0197. The van der Waals surface area contributed by atoms with Gasteiger partial charge in [0.15, 0.2) is 5.11 Å². The SMILES string of the molecule is CCOC(=O)c1c(NC(=S)NC(C)c2ccc(OCC)cc2)sc2c1CCCC2. The highest BCUT2D eigenvalue weighted by atomic mass is 32.1. The second-order valence-electron chi connectivity index (χ2n) is 6.96. The number of hydrogen-bond donors (Lipinski definition) is 2. The largest absolute Gasteiger partial charge is 0.494 e. The van der Waals surface area contributed by atoms with Gasteiger partial charge >= 0.3 is 5.97 Å². The van der Waals surface area contributed by atoms with Crippen molar-refractivity contribution in [1.82, 2.24) is 5.32 Å². The Morgan fingerprint density at radius 1 is 1.17 bits per heavy atom. The summed E-state index contributed by atoms with van der Waals surface area (Å²) in [7, 11) is 0. The minimum atomic E-state index is -0.267. The molecule has 1 heterocycles. The van der Waals surface area contributed by atoms with E-state index in [1.54, 1.807) is 11.3 Å². The van der Waals surface area contributed by atoms with Gasteiger partial charge in [0.25, 0.3) is 0 Å². The lowest BCUT2D eigenvalue weighted by Crippen LogP contribution is -2.31. The molecule has 0 spiro atoms. The molecule has 1 unspecified atom stereocenters. The van der Waals surface area contributed by atoms with Crippen molar-refractivity contribution in [2.75, 3.05) is 18.5 Å². The molecule has 0 fully saturated rings. The number of aryl methyl sites for hydroxylation is 1. The molecule has 1 aliphatic rings. The Bertz CT molecular complexity index is 862. The Kier molecular flexibility index (Phi) is 7.50. The Morgan fingerprint density at radius 2 is 1.90 bits per heavy atom. The molecule has 1 atom stereocenters. The van der Waals surface area contributed by atoms with E-state index in [2.05, 4.69) is 17.6 Å². The van der Waals surface area contributed by atoms with Crippen LogP contribution in [0.1, 0.15) is 66.0 Å². The summed E-state index contributed by atoms with van der Waals surface area (Å²) < 4.78 is 10.8. The maximum Gasteiger partial charge on any atom is 0.341 e. The quantitative estimate of drug-likeness (QED) is 0.460. The third kappa shape index (κ3) is 5.28. The van der Waals surface area contributed by atoms with E-state index in [4.69, 9.17) is 21.7 Å². The van der Waals surface area contributed by atoms with Crippen molar-refractivity contribution >= 4 is 39.6 Å². The number of thiophene rings is 1. The highest BCUT2D eigenvalue weighted by Crippen LogP contribution is 2.38. The fourth-order valence-electron chi connectivity index (χ4n) is 3.51. The third-order valence-corrected chi connectivity index (χ3v) is 6.34. The molecule has 3 rings (SSSR count). The molecule has 0 bridgehead atoms. The summed E-state index contributed by atoms with van der Waals surface area (Å²) in [6.45, 7) is 6.86. The van der Waals surface area contributed by atoms with Gasteiger partial charge < -0.3 is 20.1 Å². The van der Waals surface area contributed by atoms with Gasteiger partial charge in [0.1, 0.15) is 10.8 Å². The lowest BCUT2D eigenvalue weighted by atomic mass is 9.95. The standard InChI is InChI=1S/C22H28N2O3S2/c1-4-26-16-12-10-15(11-13-16)14(3)23-22(28)24-20-19(21(25)27-5-2)17-8-6-7-9-18(17)29-20/h10-14H,4-9H2,1-3H3,(H2,23,24,28). The molecule has 29 heavy (non-hydrogen) atoms. The second kappa shape index (κ2) is 10.1. The summed E-state index contributed by atoms with van der Waals surface area (Å²) in [6.07, 6.45) is 4.20. The van der Waals surface area contributed by atoms with E-state index >= 15 is 0 Å². The average molecular weight is 433 g/mol. The smallest absolute Gasteiger partial charge is 0.341 e. The van der Waals surface area contributed by atoms with Crippen molar-refractivity contribution in [3.8, 4) is 5.75 Å². The number of carbonyl (C=O) groups is 1. The molecule has 1 aromatic carbocycles. The maximum absolute atomic E-state index is 12.6. The molecule has 1 aromatic heterocycles. The average Bonchev–Trinajstić information content (AvgIpc) is 3.06. The predicted octanol–water partition coefficient (Wildman–Crippen LogP) is 5.25. The van der Waals surface area contributed by atoms with Gasteiger partial charge in [-0.1, -0.05) is 12.1 Å². The lowest BCUT2D eigenvalue weighted by molar-refractivity contribution is 0.0526. The van der Waals surface area contributed by atoms with Crippen molar-refractivity contribution in [2.24, 2.45) is 0 Å².